The number of fused-ring (bicyclic) bond motifs is 1. The number of cyclic esters (lactones) is 1. The number of anilines is 3. The zero-order valence-corrected chi connectivity index (χ0v) is 24.8. The van der Waals surface area contributed by atoms with Crippen molar-refractivity contribution in [3.8, 4) is 0 Å². The number of para-hydroxylation sites is 1. The smallest absolute Gasteiger partial charge is 0.340 e. The molecule has 39 heavy (non-hydrogen) atoms. The van der Waals surface area contributed by atoms with Crippen molar-refractivity contribution < 1.29 is 9.53 Å². The standard InChI is InChI=1S/C34H45N3O2/c1-8-13-24(4)20-21-35-32-15-12-11-14-31(32)34(29-18-17-27(22-25(29)5)37(9-2)10-3)30-19-16-26(36(6)7)23-28(30)33(38)39-34/h11-12,14-19,22-24,35H,8-10,13,20-21H2,1-7H3. The van der Waals surface area contributed by atoms with E-state index in [9.17, 15) is 4.79 Å². The molecule has 1 heterocycles. The van der Waals surface area contributed by atoms with Crippen molar-refractivity contribution in [1.29, 1.82) is 0 Å². The van der Waals surface area contributed by atoms with Crippen LogP contribution in [0.15, 0.2) is 60.7 Å². The lowest BCUT2D eigenvalue weighted by Crippen LogP contribution is -2.32. The molecule has 0 amide bonds. The van der Waals surface area contributed by atoms with Gasteiger partial charge in [-0.15, -0.1) is 0 Å². The molecule has 3 aromatic carbocycles. The zero-order valence-electron chi connectivity index (χ0n) is 24.8. The minimum absolute atomic E-state index is 0.285. The molecule has 2 atom stereocenters. The first-order valence-corrected chi connectivity index (χ1v) is 14.5. The Morgan fingerprint density at radius 2 is 1.56 bits per heavy atom. The summed E-state index contributed by atoms with van der Waals surface area (Å²) in [5, 5.41) is 3.71. The fourth-order valence-electron chi connectivity index (χ4n) is 5.94. The summed E-state index contributed by atoms with van der Waals surface area (Å²) < 4.78 is 6.56. The number of carbonyl (C=O) groups excluding carboxylic acids is 1. The molecule has 0 saturated carbocycles. The van der Waals surface area contributed by atoms with E-state index in [1.807, 2.05) is 31.1 Å². The summed E-state index contributed by atoms with van der Waals surface area (Å²) >= 11 is 0. The van der Waals surface area contributed by atoms with Gasteiger partial charge in [0.25, 0.3) is 0 Å². The highest BCUT2D eigenvalue weighted by Crippen LogP contribution is 2.51. The van der Waals surface area contributed by atoms with Gasteiger partial charge in [0.05, 0.1) is 5.56 Å². The van der Waals surface area contributed by atoms with Gasteiger partial charge in [-0.2, -0.15) is 0 Å². The van der Waals surface area contributed by atoms with E-state index in [0.29, 0.717) is 11.5 Å². The van der Waals surface area contributed by atoms with Gasteiger partial charge in [0, 0.05) is 67.5 Å². The molecule has 208 valence electrons. The number of carbonyl (C=O) groups is 1. The molecule has 5 heteroatoms. The van der Waals surface area contributed by atoms with Crippen LogP contribution in [0.5, 0.6) is 0 Å². The SMILES string of the molecule is CCCC(C)CCNc1ccccc1C1(c2ccc(N(CC)CC)cc2C)OC(=O)c2cc(N(C)C)ccc21. The summed E-state index contributed by atoms with van der Waals surface area (Å²) in [6.07, 6.45) is 3.52. The van der Waals surface area contributed by atoms with Gasteiger partial charge >= 0.3 is 5.97 Å². The van der Waals surface area contributed by atoms with Gasteiger partial charge in [-0.25, -0.2) is 4.79 Å². The first-order valence-electron chi connectivity index (χ1n) is 14.5. The number of esters is 1. The third-order valence-electron chi connectivity index (χ3n) is 8.12. The van der Waals surface area contributed by atoms with Gasteiger partial charge in [-0.05, 0) is 69.0 Å². The van der Waals surface area contributed by atoms with E-state index >= 15 is 0 Å². The molecule has 0 radical (unpaired) electrons. The zero-order chi connectivity index (χ0) is 28.2. The van der Waals surface area contributed by atoms with E-state index in [0.717, 1.165) is 59.7 Å². The minimum atomic E-state index is -1.04. The van der Waals surface area contributed by atoms with E-state index in [1.165, 1.54) is 18.5 Å². The molecule has 0 fully saturated rings. The Kier molecular flexibility index (Phi) is 8.89. The largest absolute Gasteiger partial charge is 0.440 e. The molecule has 1 aliphatic rings. The number of rotatable bonds is 12. The maximum Gasteiger partial charge on any atom is 0.340 e. The number of hydrogen-bond acceptors (Lipinski definition) is 5. The second kappa shape index (κ2) is 12.1. The van der Waals surface area contributed by atoms with Gasteiger partial charge in [0.15, 0.2) is 5.60 Å². The third-order valence-corrected chi connectivity index (χ3v) is 8.12. The topological polar surface area (TPSA) is 44.8 Å². The van der Waals surface area contributed by atoms with E-state index in [4.69, 9.17) is 4.74 Å². The number of hydrogen-bond donors (Lipinski definition) is 1. The second-order valence-electron chi connectivity index (χ2n) is 11.0. The maximum absolute atomic E-state index is 13.6. The Morgan fingerprint density at radius 1 is 0.872 bits per heavy atom. The predicted octanol–water partition coefficient (Wildman–Crippen LogP) is 7.61. The first kappa shape index (κ1) is 28.5. The van der Waals surface area contributed by atoms with E-state index in [2.05, 4.69) is 93.4 Å². The molecule has 5 nitrogen and oxygen atoms in total. The van der Waals surface area contributed by atoms with Crippen LogP contribution in [0.3, 0.4) is 0 Å². The molecular weight excluding hydrogens is 482 g/mol. The summed E-state index contributed by atoms with van der Waals surface area (Å²) in [5.41, 5.74) is 6.71. The van der Waals surface area contributed by atoms with Gasteiger partial charge < -0.3 is 19.9 Å². The summed E-state index contributed by atoms with van der Waals surface area (Å²) in [7, 11) is 3.98. The lowest BCUT2D eigenvalue weighted by molar-refractivity contribution is 0.0252. The van der Waals surface area contributed by atoms with Gasteiger partial charge in [-0.1, -0.05) is 57.0 Å². The normalized spacial score (nSPS) is 16.9. The Bertz CT molecular complexity index is 1300. The van der Waals surface area contributed by atoms with Crippen molar-refractivity contribution in [3.05, 3.63) is 88.5 Å². The van der Waals surface area contributed by atoms with Crippen LogP contribution in [0.4, 0.5) is 17.1 Å². The van der Waals surface area contributed by atoms with Crippen molar-refractivity contribution in [2.75, 3.05) is 48.8 Å². The summed E-state index contributed by atoms with van der Waals surface area (Å²) in [5.74, 6) is 0.375. The summed E-state index contributed by atoms with van der Waals surface area (Å²) in [6, 6.07) is 21.0. The van der Waals surface area contributed by atoms with E-state index < -0.39 is 5.60 Å². The number of ether oxygens (including phenoxy) is 1. The van der Waals surface area contributed by atoms with Crippen molar-refractivity contribution >= 4 is 23.0 Å². The fourth-order valence-corrected chi connectivity index (χ4v) is 5.94. The van der Waals surface area contributed by atoms with Crippen LogP contribution >= 0.6 is 0 Å². The number of benzene rings is 3. The highest BCUT2D eigenvalue weighted by molar-refractivity contribution is 5.98. The molecule has 2 unspecified atom stereocenters. The van der Waals surface area contributed by atoms with Crippen molar-refractivity contribution in [3.63, 3.8) is 0 Å². The summed E-state index contributed by atoms with van der Waals surface area (Å²) in [4.78, 5) is 18.0. The van der Waals surface area contributed by atoms with Gasteiger partial charge in [0.1, 0.15) is 0 Å². The Labute approximate surface area is 235 Å². The van der Waals surface area contributed by atoms with Crippen molar-refractivity contribution in [2.24, 2.45) is 5.92 Å². The van der Waals surface area contributed by atoms with Crippen molar-refractivity contribution in [2.45, 2.75) is 59.5 Å². The summed E-state index contributed by atoms with van der Waals surface area (Å²) in [6.45, 7) is 13.8. The predicted molar refractivity (Wildman–Crippen MR) is 164 cm³/mol. The molecule has 0 spiro atoms. The minimum Gasteiger partial charge on any atom is -0.440 e. The Hall–Kier alpha value is -3.47. The average molecular weight is 528 g/mol. The number of aryl methyl sites for hydroxylation is 1. The average Bonchev–Trinajstić information content (AvgIpc) is 3.22. The molecule has 0 saturated heterocycles. The first-order chi connectivity index (χ1) is 18.8. The van der Waals surface area contributed by atoms with Crippen LogP contribution in [-0.2, 0) is 10.3 Å². The third kappa shape index (κ3) is 5.50. The second-order valence-corrected chi connectivity index (χ2v) is 11.0. The molecular formula is C34H45N3O2. The van der Waals surface area contributed by atoms with Gasteiger partial charge in [0.2, 0.25) is 0 Å². The number of nitrogens with one attached hydrogen (secondary N) is 1. The highest BCUT2D eigenvalue weighted by atomic mass is 16.6. The maximum atomic E-state index is 13.6. The monoisotopic (exact) mass is 527 g/mol. The lowest BCUT2D eigenvalue weighted by Gasteiger charge is -2.34. The Balaban J connectivity index is 1.89. The Morgan fingerprint density at radius 3 is 2.23 bits per heavy atom. The van der Waals surface area contributed by atoms with Crippen LogP contribution in [0.1, 0.15) is 79.6 Å². The molecule has 1 N–H and O–H groups in total. The lowest BCUT2D eigenvalue weighted by atomic mass is 9.77. The highest BCUT2D eigenvalue weighted by Gasteiger charge is 2.50. The van der Waals surface area contributed by atoms with Crippen LogP contribution < -0.4 is 15.1 Å². The molecule has 3 aromatic rings. The quantitative estimate of drug-likeness (QED) is 0.246. The number of nitrogens with zero attached hydrogens (tertiary/aromatic N) is 2. The van der Waals surface area contributed by atoms with Crippen molar-refractivity contribution in [1.82, 2.24) is 0 Å². The van der Waals surface area contributed by atoms with Crippen LogP contribution in [0.25, 0.3) is 0 Å². The molecule has 0 aromatic heterocycles. The molecule has 0 bridgehead atoms. The molecule has 1 aliphatic heterocycles. The molecule has 4 rings (SSSR count). The van der Waals surface area contributed by atoms with Gasteiger partial charge in [-0.3, -0.25) is 0 Å². The van der Waals surface area contributed by atoms with Crippen LogP contribution in [0, 0.1) is 12.8 Å². The van der Waals surface area contributed by atoms with E-state index in [1.54, 1.807) is 0 Å². The molecule has 0 aliphatic carbocycles. The van der Waals surface area contributed by atoms with E-state index in [-0.39, 0.29) is 5.97 Å². The van der Waals surface area contributed by atoms with Crippen LogP contribution in [-0.4, -0.2) is 39.7 Å². The fraction of sp³-hybridized carbons (Fsp3) is 0.441. The van der Waals surface area contributed by atoms with Crippen LogP contribution in [0.2, 0.25) is 0 Å².